The van der Waals surface area contributed by atoms with E-state index in [-0.39, 0.29) is 5.92 Å². The first-order valence-corrected chi connectivity index (χ1v) is 9.65. The first-order valence-electron chi connectivity index (χ1n) is 9.65. The summed E-state index contributed by atoms with van der Waals surface area (Å²) in [6.45, 7) is 2.86. The average molecular weight is 314 g/mol. The zero-order chi connectivity index (χ0) is 16.5. The number of hydrogen-bond acceptors (Lipinski definition) is 2. The monoisotopic (exact) mass is 313 g/mol. The lowest BCUT2D eigenvalue weighted by Crippen LogP contribution is -2.15. The molecule has 0 aromatic rings. The van der Waals surface area contributed by atoms with Crippen molar-refractivity contribution < 1.29 is 9.90 Å². The van der Waals surface area contributed by atoms with E-state index >= 15 is 0 Å². The quantitative estimate of drug-likeness (QED) is 0.348. The minimum absolute atomic E-state index is 0.174. The summed E-state index contributed by atoms with van der Waals surface area (Å²) in [4.78, 5) is 11.1. The number of aliphatic carboxylic acids is 1. The fourth-order valence-corrected chi connectivity index (χ4v) is 2.99. The number of hydrogen-bond donors (Lipinski definition) is 2. The van der Waals surface area contributed by atoms with Crippen LogP contribution in [0.25, 0.3) is 0 Å². The number of rotatable bonds is 17. The number of carbonyl (C=O) groups is 1. The Morgan fingerprint density at radius 1 is 0.773 bits per heavy atom. The van der Waals surface area contributed by atoms with E-state index in [9.17, 15) is 4.79 Å². The van der Waals surface area contributed by atoms with Gasteiger partial charge in [-0.25, -0.2) is 0 Å². The summed E-state index contributed by atoms with van der Waals surface area (Å²) in [7, 11) is 0. The molecule has 0 saturated heterocycles. The molecule has 0 aromatic heterocycles. The second-order valence-corrected chi connectivity index (χ2v) is 6.64. The van der Waals surface area contributed by atoms with Gasteiger partial charge >= 0.3 is 5.97 Å². The summed E-state index contributed by atoms with van der Waals surface area (Å²) in [6, 6.07) is 0. The van der Waals surface area contributed by atoms with Crippen LogP contribution in [0.15, 0.2) is 0 Å². The van der Waals surface area contributed by atoms with Crippen molar-refractivity contribution in [2.24, 2.45) is 11.7 Å². The van der Waals surface area contributed by atoms with E-state index < -0.39 is 5.97 Å². The molecule has 0 aliphatic rings. The highest BCUT2D eigenvalue weighted by Crippen LogP contribution is 2.17. The maximum absolute atomic E-state index is 11.1. The second kappa shape index (κ2) is 16.8. The van der Waals surface area contributed by atoms with Crippen LogP contribution in [0.2, 0.25) is 0 Å². The number of unbranched alkanes of at least 4 members (excludes halogenated alkanes) is 11. The van der Waals surface area contributed by atoms with Crippen molar-refractivity contribution in [3.8, 4) is 0 Å². The van der Waals surface area contributed by atoms with Gasteiger partial charge in [0, 0.05) is 0 Å². The molecule has 0 spiro atoms. The Hall–Kier alpha value is -0.570. The van der Waals surface area contributed by atoms with Crippen molar-refractivity contribution in [1.82, 2.24) is 0 Å². The SMILES string of the molecule is CCCCCCCCCCCCCCC(CCCN)C(=O)O. The van der Waals surface area contributed by atoms with Crippen LogP contribution in [0.4, 0.5) is 0 Å². The molecule has 0 aliphatic carbocycles. The zero-order valence-corrected chi connectivity index (χ0v) is 14.8. The third kappa shape index (κ3) is 14.4. The number of carboxylic acids is 1. The molecule has 0 rings (SSSR count). The average Bonchev–Trinajstić information content (AvgIpc) is 2.51. The molecule has 0 heterocycles. The van der Waals surface area contributed by atoms with Crippen LogP contribution in [0, 0.1) is 5.92 Å². The smallest absolute Gasteiger partial charge is 0.306 e. The maximum Gasteiger partial charge on any atom is 0.306 e. The Bertz CT molecular complexity index is 244. The van der Waals surface area contributed by atoms with Gasteiger partial charge in [-0.15, -0.1) is 0 Å². The largest absolute Gasteiger partial charge is 0.481 e. The van der Waals surface area contributed by atoms with E-state index in [1.54, 1.807) is 0 Å². The molecule has 0 saturated carbocycles. The Morgan fingerprint density at radius 2 is 1.18 bits per heavy atom. The van der Waals surface area contributed by atoms with Crippen molar-refractivity contribution >= 4 is 5.97 Å². The summed E-state index contributed by atoms with van der Waals surface area (Å²) in [6.07, 6.45) is 18.3. The summed E-state index contributed by atoms with van der Waals surface area (Å²) in [5, 5.41) is 9.14. The van der Waals surface area contributed by atoms with Crippen LogP contribution in [0.1, 0.15) is 103 Å². The van der Waals surface area contributed by atoms with Crippen molar-refractivity contribution in [3.05, 3.63) is 0 Å². The molecule has 3 heteroatoms. The van der Waals surface area contributed by atoms with Gasteiger partial charge in [0.05, 0.1) is 5.92 Å². The molecule has 1 atom stereocenters. The van der Waals surface area contributed by atoms with Crippen molar-refractivity contribution in [3.63, 3.8) is 0 Å². The molecule has 0 aliphatic heterocycles. The van der Waals surface area contributed by atoms with Crippen LogP contribution in [-0.2, 0) is 4.79 Å². The van der Waals surface area contributed by atoms with Gasteiger partial charge in [-0.05, 0) is 25.8 Å². The molecular formula is C19H39NO2. The molecule has 132 valence electrons. The Balaban J connectivity index is 3.29. The second-order valence-electron chi connectivity index (χ2n) is 6.64. The molecule has 1 unspecified atom stereocenters. The van der Waals surface area contributed by atoms with Gasteiger partial charge in [0.25, 0.3) is 0 Å². The van der Waals surface area contributed by atoms with Gasteiger partial charge < -0.3 is 10.8 Å². The highest BCUT2D eigenvalue weighted by atomic mass is 16.4. The van der Waals surface area contributed by atoms with Gasteiger partial charge in [0.15, 0.2) is 0 Å². The van der Waals surface area contributed by atoms with E-state index in [0.717, 1.165) is 25.7 Å². The van der Waals surface area contributed by atoms with E-state index in [1.165, 1.54) is 70.6 Å². The van der Waals surface area contributed by atoms with Crippen molar-refractivity contribution in [2.75, 3.05) is 6.54 Å². The van der Waals surface area contributed by atoms with Gasteiger partial charge in [-0.1, -0.05) is 84.0 Å². The third-order valence-electron chi connectivity index (χ3n) is 4.51. The van der Waals surface area contributed by atoms with Crippen LogP contribution in [0.3, 0.4) is 0 Å². The normalized spacial score (nSPS) is 12.5. The molecule has 0 aromatic carbocycles. The van der Waals surface area contributed by atoms with Crippen molar-refractivity contribution in [2.45, 2.75) is 103 Å². The highest BCUT2D eigenvalue weighted by molar-refractivity contribution is 5.69. The molecule has 0 amide bonds. The summed E-state index contributed by atoms with van der Waals surface area (Å²) < 4.78 is 0. The van der Waals surface area contributed by atoms with E-state index in [1.807, 2.05) is 0 Å². The predicted molar refractivity (Wildman–Crippen MR) is 95.1 cm³/mol. The van der Waals surface area contributed by atoms with E-state index in [4.69, 9.17) is 10.8 Å². The number of nitrogens with two attached hydrogens (primary N) is 1. The Morgan fingerprint density at radius 3 is 1.59 bits per heavy atom. The van der Waals surface area contributed by atoms with Gasteiger partial charge in [-0.2, -0.15) is 0 Å². The lowest BCUT2D eigenvalue weighted by atomic mass is 9.95. The molecule has 0 fully saturated rings. The first-order chi connectivity index (χ1) is 10.7. The van der Waals surface area contributed by atoms with Crippen LogP contribution >= 0.6 is 0 Å². The van der Waals surface area contributed by atoms with E-state index in [0.29, 0.717) is 6.54 Å². The third-order valence-corrected chi connectivity index (χ3v) is 4.51. The van der Waals surface area contributed by atoms with Crippen LogP contribution in [-0.4, -0.2) is 17.6 Å². The Labute approximate surface area is 138 Å². The minimum Gasteiger partial charge on any atom is -0.481 e. The van der Waals surface area contributed by atoms with Gasteiger partial charge in [0.2, 0.25) is 0 Å². The Kier molecular flexibility index (Phi) is 16.4. The topological polar surface area (TPSA) is 63.3 Å². The molecule has 3 nitrogen and oxygen atoms in total. The molecule has 3 N–H and O–H groups in total. The molecule has 0 radical (unpaired) electrons. The highest BCUT2D eigenvalue weighted by Gasteiger charge is 2.15. The molecular weight excluding hydrogens is 274 g/mol. The molecule has 22 heavy (non-hydrogen) atoms. The first kappa shape index (κ1) is 21.4. The fraction of sp³-hybridized carbons (Fsp3) is 0.947. The lowest BCUT2D eigenvalue weighted by molar-refractivity contribution is -0.142. The fourth-order valence-electron chi connectivity index (χ4n) is 2.99. The summed E-state index contributed by atoms with van der Waals surface area (Å²) in [5.74, 6) is -0.816. The zero-order valence-electron chi connectivity index (χ0n) is 14.8. The summed E-state index contributed by atoms with van der Waals surface area (Å²) in [5.41, 5.74) is 5.45. The predicted octanol–water partition coefficient (Wildman–Crippen LogP) is 5.52. The van der Waals surface area contributed by atoms with Gasteiger partial charge in [0.1, 0.15) is 0 Å². The minimum atomic E-state index is -0.642. The van der Waals surface area contributed by atoms with Crippen LogP contribution in [0.5, 0.6) is 0 Å². The van der Waals surface area contributed by atoms with Crippen molar-refractivity contribution in [1.29, 1.82) is 0 Å². The summed E-state index contributed by atoms with van der Waals surface area (Å²) >= 11 is 0. The van der Waals surface area contributed by atoms with E-state index in [2.05, 4.69) is 6.92 Å². The molecule has 0 bridgehead atoms. The van der Waals surface area contributed by atoms with Crippen LogP contribution < -0.4 is 5.73 Å². The lowest BCUT2D eigenvalue weighted by Gasteiger charge is -2.11. The van der Waals surface area contributed by atoms with Gasteiger partial charge in [-0.3, -0.25) is 4.79 Å². The number of carboxylic acid groups (broad SMARTS) is 1. The maximum atomic E-state index is 11.1. The standard InChI is InChI=1S/C19H39NO2/c1-2-3-4-5-6-7-8-9-10-11-12-13-15-18(19(21)22)16-14-17-20/h18H,2-17,20H2,1H3,(H,21,22).